The van der Waals surface area contributed by atoms with Crippen molar-refractivity contribution in [1.82, 2.24) is 24.5 Å². The van der Waals surface area contributed by atoms with Crippen molar-refractivity contribution in [3.63, 3.8) is 0 Å². The molecule has 1 amide bonds. The molecule has 0 spiro atoms. The lowest BCUT2D eigenvalue weighted by Gasteiger charge is -2.40. The van der Waals surface area contributed by atoms with E-state index in [1.165, 1.54) is 23.7 Å². The fraction of sp³-hybridized carbons (Fsp3) is 0.474. The van der Waals surface area contributed by atoms with Crippen LogP contribution in [0.15, 0.2) is 24.5 Å². The number of thiophene rings is 1. The van der Waals surface area contributed by atoms with Crippen molar-refractivity contribution in [1.29, 1.82) is 0 Å². The predicted octanol–water partition coefficient (Wildman–Crippen LogP) is 3.98. The lowest BCUT2D eigenvalue weighted by Crippen LogP contribution is -2.47. The molecule has 0 unspecified atom stereocenters. The number of aryl methyl sites for hydroxylation is 1. The number of hydrogen-bond donors (Lipinski definition) is 0. The van der Waals surface area contributed by atoms with E-state index in [0.29, 0.717) is 5.69 Å². The van der Waals surface area contributed by atoms with E-state index in [1.54, 1.807) is 4.52 Å². The van der Waals surface area contributed by atoms with Crippen molar-refractivity contribution < 1.29 is 13.6 Å². The van der Waals surface area contributed by atoms with Gasteiger partial charge in [-0.15, -0.1) is 11.3 Å². The molecule has 3 aromatic heterocycles. The highest BCUT2D eigenvalue weighted by Gasteiger charge is 2.46. The van der Waals surface area contributed by atoms with Gasteiger partial charge in [-0.1, -0.05) is 0 Å². The summed E-state index contributed by atoms with van der Waals surface area (Å²) in [7, 11) is 0. The van der Waals surface area contributed by atoms with Crippen LogP contribution in [0.4, 0.5) is 8.78 Å². The maximum absolute atomic E-state index is 13.4. The number of carbonyl (C=O) groups is 1. The number of nitrogens with zero attached hydrogens (tertiary/aromatic N) is 5. The molecule has 3 aromatic rings. The minimum atomic E-state index is -2.67. The molecule has 0 N–H and O–H groups in total. The number of hydrogen-bond acceptors (Lipinski definition) is 5. The van der Waals surface area contributed by atoms with Crippen LogP contribution in [-0.2, 0) is 0 Å². The molecule has 0 saturated carbocycles. The summed E-state index contributed by atoms with van der Waals surface area (Å²) in [4.78, 5) is 25.0. The summed E-state index contributed by atoms with van der Waals surface area (Å²) in [6.07, 6.45) is 2.17. The molecule has 2 bridgehead atoms. The van der Waals surface area contributed by atoms with Gasteiger partial charge in [0.25, 0.3) is 18.1 Å². The van der Waals surface area contributed by atoms with Crippen LogP contribution in [0.1, 0.15) is 64.0 Å². The van der Waals surface area contributed by atoms with Gasteiger partial charge in [0.05, 0.1) is 10.6 Å². The number of amides is 1. The third-order valence-electron chi connectivity index (χ3n) is 5.91. The fourth-order valence-electron chi connectivity index (χ4n) is 4.72. The Hall–Kier alpha value is -2.42. The Morgan fingerprint density at radius 3 is 2.82 bits per heavy atom. The molecular formula is C19H19F2N5OS. The van der Waals surface area contributed by atoms with E-state index in [2.05, 4.69) is 15.1 Å². The third kappa shape index (κ3) is 2.71. The number of halogens is 2. The molecule has 6 nitrogen and oxygen atoms in total. The Bertz CT molecular complexity index is 1050. The van der Waals surface area contributed by atoms with Gasteiger partial charge in [-0.05, 0) is 50.8 Å². The number of fused-ring (bicyclic) bond motifs is 3. The lowest BCUT2D eigenvalue weighted by molar-refractivity contribution is 0.0559. The normalized spacial score (nSPS) is 24.4. The van der Waals surface area contributed by atoms with E-state index >= 15 is 0 Å². The largest absolute Gasteiger partial charge is 0.331 e. The Labute approximate surface area is 164 Å². The van der Waals surface area contributed by atoms with E-state index in [9.17, 15) is 13.6 Å². The molecule has 2 aliphatic rings. The van der Waals surface area contributed by atoms with Crippen molar-refractivity contribution in [3.8, 4) is 0 Å². The standard InChI is InChI=1S/C19H19F2N5OS/c1-10-2-7-16(28-10)18(27)25-11-3-5-12(14(25)6-4-11)15-8-13(17(20)21)24-19-22-9-23-26(15)19/h2,7-9,11-12,14,17H,3-6H2,1H3/t11-,12-,14-/m0/s1. The second kappa shape index (κ2) is 6.58. The van der Waals surface area contributed by atoms with Crippen LogP contribution in [0, 0.1) is 6.92 Å². The summed E-state index contributed by atoms with van der Waals surface area (Å²) in [5.41, 5.74) is 0.380. The van der Waals surface area contributed by atoms with Crippen molar-refractivity contribution in [2.24, 2.45) is 0 Å². The van der Waals surface area contributed by atoms with Crippen molar-refractivity contribution in [2.45, 2.75) is 57.0 Å². The van der Waals surface area contributed by atoms with Gasteiger partial charge in [0.1, 0.15) is 12.0 Å². The number of piperidine rings is 1. The molecule has 2 saturated heterocycles. The zero-order valence-electron chi connectivity index (χ0n) is 15.3. The SMILES string of the molecule is Cc1ccc(C(=O)N2[C@H]3CC[C@H](c4cc(C(F)F)nc5ncnn45)[C@@H]2CC3)s1. The van der Waals surface area contributed by atoms with E-state index in [0.717, 1.165) is 35.4 Å². The molecular weight excluding hydrogens is 384 g/mol. The van der Waals surface area contributed by atoms with Crippen molar-refractivity contribution >= 4 is 23.0 Å². The molecule has 28 heavy (non-hydrogen) atoms. The first-order chi connectivity index (χ1) is 13.5. The first-order valence-electron chi connectivity index (χ1n) is 9.40. The van der Waals surface area contributed by atoms with Gasteiger partial charge in [-0.3, -0.25) is 4.79 Å². The number of carbonyl (C=O) groups excluding carboxylic acids is 1. The first-order valence-corrected chi connectivity index (χ1v) is 10.2. The quantitative estimate of drug-likeness (QED) is 0.664. The molecule has 2 fully saturated rings. The topological polar surface area (TPSA) is 63.4 Å². The summed E-state index contributed by atoms with van der Waals surface area (Å²) < 4.78 is 28.3. The third-order valence-corrected chi connectivity index (χ3v) is 6.90. The van der Waals surface area contributed by atoms with E-state index in [1.807, 2.05) is 24.0 Å². The van der Waals surface area contributed by atoms with Crippen LogP contribution < -0.4 is 0 Å². The van der Waals surface area contributed by atoms with Crippen LogP contribution >= 0.6 is 11.3 Å². The maximum atomic E-state index is 13.4. The molecule has 146 valence electrons. The summed E-state index contributed by atoms with van der Waals surface area (Å²) in [5, 5.41) is 4.20. The van der Waals surface area contributed by atoms with Gasteiger partial charge in [0.2, 0.25) is 0 Å². The predicted molar refractivity (Wildman–Crippen MR) is 99.7 cm³/mol. The number of alkyl halides is 2. The van der Waals surface area contributed by atoms with Crippen LogP contribution in [0.5, 0.6) is 0 Å². The van der Waals surface area contributed by atoms with Gasteiger partial charge < -0.3 is 4.90 Å². The van der Waals surface area contributed by atoms with Gasteiger partial charge in [0, 0.05) is 22.9 Å². The minimum absolute atomic E-state index is 0.0195. The molecule has 3 atom stereocenters. The molecule has 9 heteroatoms. The highest BCUT2D eigenvalue weighted by molar-refractivity contribution is 7.13. The zero-order chi connectivity index (χ0) is 19.4. The average Bonchev–Trinajstić information content (AvgIpc) is 3.39. The van der Waals surface area contributed by atoms with Crippen molar-refractivity contribution in [2.75, 3.05) is 0 Å². The first kappa shape index (κ1) is 17.7. The van der Waals surface area contributed by atoms with Crippen LogP contribution in [0.2, 0.25) is 0 Å². The van der Waals surface area contributed by atoms with Crippen LogP contribution in [0.25, 0.3) is 5.78 Å². The Kier molecular flexibility index (Phi) is 4.15. The second-order valence-electron chi connectivity index (χ2n) is 7.48. The summed E-state index contributed by atoms with van der Waals surface area (Å²) in [5.74, 6) is 0.168. The Balaban J connectivity index is 1.55. The zero-order valence-corrected chi connectivity index (χ0v) is 16.1. The lowest BCUT2D eigenvalue weighted by atomic mass is 9.86. The van der Waals surface area contributed by atoms with Gasteiger partial charge in [0.15, 0.2) is 0 Å². The summed E-state index contributed by atoms with van der Waals surface area (Å²) in [6.45, 7) is 1.99. The van der Waals surface area contributed by atoms with Crippen molar-refractivity contribution in [3.05, 3.63) is 45.7 Å². The summed E-state index contributed by atoms with van der Waals surface area (Å²) in [6, 6.07) is 5.47. The van der Waals surface area contributed by atoms with E-state index < -0.39 is 6.43 Å². The molecule has 0 aliphatic carbocycles. The van der Waals surface area contributed by atoms with Crippen LogP contribution in [0.3, 0.4) is 0 Å². The highest BCUT2D eigenvalue weighted by atomic mass is 32.1. The minimum Gasteiger partial charge on any atom is -0.331 e. The molecule has 2 aliphatic heterocycles. The van der Waals surface area contributed by atoms with Gasteiger partial charge in [-0.25, -0.2) is 18.3 Å². The number of aromatic nitrogens is 4. The monoisotopic (exact) mass is 403 g/mol. The molecule has 0 radical (unpaired) electrons. The van der Waals surface area contributed by atoms with Gasteiger partial charge in [-0.2, -0.15) is 10.1 Å². The molecule has 5 rings (SSSR count). The van der Waals surface area contributed by atoms with Gasteiger partial charge >= 0.3 is 0 Å². The smallest absolute Gasteiger partial charge is 0.280 e. The highest BCUT2D eigenvalue weighted by Crippen LogP contribution is 2.45. The molecule has 5 heterocycles. The van der Waals surface area contributed by atoms with E-state index in [-0.39, 0.29) is 35.4 Å². The maximum Gasteiger partial charge on any atom is 0.280 e. The fourth-order valence-corrected chi connectivity index (χ4v) is 5.53. The summed E-state index contributed by atoms with van der Waals surface area (Å²) >= 11 is 1.50. The van der Waals surface area contributed by atoms with Crippen LogP contribution in [-0.4, -0.2) is 42.5 Å². The Morgan fingerprint density at radius 1 is 1.25 bits per heavy atom. The Morgan fingerprint density at radius 2 is 2.07 bits per heavy atom. The second-order valence-corrected chi connectivity index (χ2v) is 8.77. The average molecular weight is 403 g/mol. The van der Waals surface area contributed by atoms with E-state index in [4.69, 9.17) is 0 Å². The number of rotatable bonds is 3. The molecule has 0 aromatic carbocycles.